The van der Waals surface area contributed by atoms with Crippen molar-refractivity contribution in [2.75, 3.05) is 27.2 Å². The van der Waals surface area contributed by atoms with Gasteiger partial charge in [0.2, 0.25) is 10.0 Å². The van der Waals surface area contributed by atoms with Crippen LogP contribution in [-0.4, -0.2) is 50.8 Å². The molecule has 2 rings (SSSR count). The molecule has 0 radical (unpaired) electrons. The van der Waals surface area contributed by atoms with Crippen LogP contribution in [0.5, 0.6) is 0 Å². The van der Waals surface area contributed by atoms with E-state index in [0.717, 1.165) is 23.7 Å². The Bertz CT molecular complexity index is 535. The molecule has 0 saturated carbocycles. The third-order valence-electron chi connectivity index (χ3n) is 3.87. The van der Waals surface area contributed by atoms with E-state index in [0.29, 0.717) is 24.0 Å². The van der Waals surface area contributed by atoms with Gasteiger partial charge in [0.1, 0.15) is 0 Å². The van der Waals surface area contributed by atoms with Gasteiger partial charge >= 0.3 is 0 Å². The summed E-state index contributed by atoms with van der Waals surface area (Å²) in [5.41, 5.74) is 1.08. The lowest BCUT2D eigenvalue weighted by Crippen LogP contribution is -2.44. The third kappa shape index (κ3) is 3.42. The maximum atomic E-state index is 12.6. The number of sulfonamides is 1. The number of halogens is 1. The average molecular weight is 361 g/mol. The van der Waals surface area contributed by atoms with E-state index in [9.17, 15) is 8.42 Å². The highest BCUT2D eigenvalue weighted by Gasteiger charge is 2.29. The minimum atomic E-state index is -3.34. The van der Waals surface area contributed by atoms with Crippen LogP contribution in [0.2, 0.25) is 0 Å². The van der Waals surface area contributed by atoms with Crippen molar-refractivity contribution in [2.24, 2.45) is 0 Å². The molecule has 112 valence electrons. The van der Waals surface area contributed by atoms with Gasteiger partial charge in [-0.2, -0.15) is 4.31 Å². The summed E-state index contributed by atoms with van der Waals surface area (Å²) in [6.07, 6.45) is 1.79. The van der Waals surface area contributed by atoms with Gasteiger partial charge in [0, 0.05) is 24.5 Å². The first-order valence-corrected chi connectivity index (χ1v) is 9.33. The first kappa shape index (κ1) is 15.9. The number of hydrogen-bond donors (Lipinski definition) is 0. The summed E-state index contributed by atoms with van der Waals surface area (Å²) >= 11 is 3.36. The zero-order chi connectivity index (χ0) is 14.8. The Morgan fingerprint density at radius 3 is 2.20 bits per heavy atom. The van der Waals surface area contributed by atoms with E-state index in [2.05, 4.69) is 20.8 Å². The minimum Gasteiger partial charge on any atom is -0.306 e. The zero-order valence-corrected chi connectivity index (χ0v) is 14.3. The molecule has 0 bridgehead atoms. The number of hydrogen-bond acceptors (Lipinski definition) is 3. The second-order valence-electron chi connectivity index (χ2n) is 5.38. The quantitative estimate of drug-likeness (QED) is 0.773. The van der Waals surface area contributed by atoms with E-state index < -0.39 is 10.0 Å². The van der Waals surface area contributed by atoms with Gasteiger partial charge in [0.15, 0.2) is 0 Å². The van der Waals surface area contributed by atoms with Crippen LogP contribution >= 0.6 is 15.9 Å². The molecule has 4 nitrogen and oxygen atoms in total. The second kappa shape index (κ2) is 6.56. The molecule has 0 aliphatic carbocycles. The smallest absolute Gasteiger partial charge is 0.243 e. The number of nitrogens with zero attached hydrogens (tertiary/aromatic N) is 2. The largest absolute Gasteiger partial charge is 0.306 e. The molecule has 1 aliphatic rings. The molecule has 1 aromatic carbocycles. The molecule has 0 atom stereocenters. The van der Waals surface area contributed by atoms with Gasteiger partial charge in [0.05, 0.1) is 4.90 Å². The minimum absolute atomic E-state index is 0.394. The first-order chi connectivity index (χ1) is 9.45. The standard InChI is InChI=1S/C14H21BrN2O2S/c1-16(2)13-7-9-17(10-8-13)20(18,19)14-5-3-12(11-15)4-6-14/h3-6,13H,7-11H2,1-2H3. The predicted molar refractivity (Wildman–Crippen MR) is 84.5 cm³/mol. The van der Waals surface area contributed by atoms with Crippen LogP contribution in [0, 0.1) is 0 Å². The van der Waals surface area contributed by atoms with Crippen molar-refractivity contribution in [3.05, 3.63) is 29.8 Å². The molecule has 0 aromatic heterocycles. The molecule has 20 heavy (non-hydrogen) atoms. The normalized spacial score (nSPS) is 18.6. The van der Waals surface area contributed by atoms with E-state index in [1.165, 1.54) is 0 Å². The van der Waals surface area contributed by atoms with Crippen molar-refractivity contribution < 1.29 is 8.42 Å². The summed E-state index contributed by atoms with van der Waals surface area (Å²) in [7, 11) is 0.762. The van der Waals surface area contributed by atoms with E-state index in [1.807, 2.05) is 26.2 Å². The Hall–Kier alpha value is -0.430. The van der Waals surface area contributed by atoms with Crippen LogP contribution in [0.3, 0.4) is 0 Å². The van der Waals surface area contributed by atoms with Crippen molar-refractivity contribution in [1.82, 2.24) is 9.21 Å². The Labute approximate surface area is 129 Å². The first-order valence-electron chi connectivity index (χ1n) is 6.76. The fourth-order valence-electron chi connectivity index (χ4n) is 2.50. The lowest BCUT2D eigenvalue weighted by atomic mass is 10.1. The number of alkyl halides is 1. The molecular weight excluding hydrogens is 340 g/mol. The van der Waals surface area contributed by atoms with Gasteiger partial charge in [-0.25, -0.2) is 8.42 Å². The van der Waals surface area contributed by atoms with Crippen LogP contribution in [-0.2, 0) is 15.4 Å². The van der Waals surface area contributed by atoms with Crippen LogP contribution in [0.25, 0.3) is 0 Å². The SMILES string of the molecule is CN(C)C1CCN(S(=O)(=O)c2ccc(CBr)cc2)CC1. The van der Waals surface area contributed by atoms with Crippen molar-refractivity contribution >= 4 is 26.0 Å². The van der Waals surface area contributed by atoms with Crippen molar-refractivity contribution in [2.45, 2.75) is 29.1 Å². The van der Waals surface area contributed by atoms with Gasteiger partial charge in [0.25, 0.3) is 0 Å². The maximum Gasteiger partial charge on any atom is 0.243 e. The molecule has 1 aliphatic heterocycles. The summed E-state index contributed by atoms with van der Waals surface area (Å²) in [6, 6.07) is 7.59. The van der Waals surface area contributed by atoms with Gasteiger partial charge < -0.3 is 4.90 Å². The van der Waals surface area contributed by atoms with Gasteiger partial charge in [-0.05, 0) is 44.6 Å². The summed E-state index contributed by atoms with van der Waals surface area (Å²) in [6.45, 7) is 1.21. The van der Waals surface area contributed by atoms with Gasteiger partial charge in [-0.1, -0.05) is 28.1 Å². The second-order valence-corrected chi connectivity index (χ2v) is 7.88. The molecule has 1 heterocycles. The third-order valence-corrected chi connectivity index (χ3v) is 6.43. The Balaban J connectivity index is 2.11. The van der Waals surface area contributed by atoms with E-state index in [-0.39, 0.29) is 0 Å². The maximum absolute atomic E-state index is 12.6. The Morgan fingerprint density at radius 2 is 1.75 bits per heavy atom. The fourth-order valence-corrected chi connectivity index (χ4v) is 4.34. The molecule has 1 fully saturated rings. The number of benzene rings is 1. The van der Waals surface area contributed by atoms with E-state index >= 15 is 0 Å². The molecular formula is C14H21BrN2O2S. The number of piperidine rings is 1. The van der Waals surface area contributed by atoms with Crippen LogP contribution in [0.4, 0.5) is 0 Å². The summed E-state index contributed by atoms with van der Waals surface area (Å²) < 4.78 is 26.7. The summed E-state index contributed by atoms with van der Waals surface area (Å²) in [5, 5.41) is 0.738. The molecule has 0 unspecified atom stereocenters. The molecule has 6 heteroatoms. The zero-order valence-electron chi connectivity index (χ0n) is 11.9. The van der Waals surface area contributed by atoms with Crippen molar-refractivity contribution in [3.63, 3.8) is 0 Å². The highest BCUT2D eigenvalue weighted by molar-refractivity contribution is 9.08. The van der Waals surface area contributed by atoms with Crippen LogP contribution in [0.15, 0.2) is 29.2 Å². The average Bonchev–Trinajstić information content (AvgIpc) is 2.47. The lowest BCUT2D eigenvalue weighted by molar-refractivity contribution is 0.196. The predicted octanol–water partition coefficient (Wildman–Crippen LogP) is 2.30. The Morgan fingerprint density at radius 1 is 1.20 bits per heavy atom. The monoisotopic (exact) mass is 360 g/mol. The number of rotatable bonds is 4. The van der Waals surface area contributed by atoms with E-state index in [4.69, 9.17) is 0 Å². The van der Waals surface area contributed by atoms with Gasteiger partial charge in [-0.3, -0.25) is 0 Å². The van der Waals surface area contributed by atoms with Crippen molar-refractivity contribution in [3.8, 4) is 0 Å². The highest BCUT2D eigenvalue weighted by Crippen LogP contribution is 2.22. The topological polar surface area (TPSA) is 40.6 Å². The molecule has 1 aromatic rings. The summed E-state index contributed by atoms with van der Waals surface area (Å²) in [4.78, 5) is 2.57. The van der Waals surface area contributed by atoms with E-state index in [1.54, 1.807) is 16.4 Å². The fraction of sp³-hybridized carbons (Fsp3) is 0.571. The summed E-state index contributed by atoms with van der Waals surface area (Å²) in [5.74, 6) is 0. The molecule has 0 N–H and O–H groups in total. The van der Waals surface area contributed by atoms with Crippen LogP contribution in [0.1, 0.15) is 18.4 Å². The molecule has 0 amide bonds. The van der Waals surface area contributed by atoms with Crippen molar-refractivity contribution in [1.29, 1.82) is 0 Å². The molecule has 1 saturated heterocycles. The van der Waals surface area contributed by atoms with Gasteiger partial charge in [-0.15, -0.1) is 0 Å². The highest BCUT2D eigenvalue weighted by atomic mass is 79.9. The van der Waals surface area contributed by atoms with Crippen LogP contribution < -0.4 is 0 Å². The lowest BCUT2D eigenvalue weighted by Gasteiger charge is -2.34. The Kier molecular flexibility index (Phi) is 5.23. The molecule has 0 spiro atoms.